The molecule has 1 atom stereocenters. The van der Waals surface area contributed by atoms with Crippen molar-refractivity contribution < 1.29 is 14.0 Å². The minimum Gasteiger partial charge on any atom is -0.339 e. The van der Waals surface area contributed by atoms with Crippen LogP contribution in [-0.2, 0) is 4.79 Å². The third kappa shape index (κ3) is 3.54. The van der Waals surface area contributed by atoms with Gasteiger partial charge >= 0.3 is 6.03 Å². The summed E-state index contributed by atoms with van der Waals surface area (Å²) in [5.74, 6) is -0.209. The normalized spacial score (nSPS) is 26.6. The number of benzene rings is 1. The molecule has 4 rings (SSSR count). The molecule has 6 heteroatoms. The number of amides is 3. The molecule has 3 amide bonds. The fourth-order valence-electron chi connectivity index (χ4n) is 5.02. The summed E-state index contributed by atoms with van der Waals surface area (Å²) < 4.78 is 13.8. The summed E-state index contributed by atoms with van der Waals surface area (Å²) in [6.07, 6.45) is 8.47. The van der Waals surface area contributed by atoms with Gasteiger partial charge in [0.2, 0.25) is 5.91 Å². The third-order valence-corrected chi connectivity index (χ3v) is 6.54. The minimum atomic E-state index is -0.447. The number of hydrogen-bond donors (Lipinski definition) is 1. The predicted octanol–water partition coefficient (Wildman–Crippen LogP) is 4.00. The first-order valence-electron chi connectivity index (χ1n) is 10.2. The number of hydrogen-bond acceptors (Lipinski definition) is 2. The van der Waals surface area contributed by atoms with Crippen molar-refractivity contribution in [3.8, 4) is 0 Å². The largest absolute Gasteiger partial charge is 0.339 e. The molecule has 1 unspecified atom stereocenters. The van der Waals surface area contributed by atoms with Gasteiger partial charge in [-0.25, -0.2) is 9.18 Å². The van der Waals surface area contributed by atoms with E-state index in [4.69, 9.17) is 0 Å². The molecule has 3 fully saturated rings. The first kappa shape index (κ1) is 18.3. The Bertz CT molecular complexity index is 719. The zero-order chi connectivity index (χ0) is 18.9. The van der Waals surface area contributed by atoms with Crippen molar-refractivity contribution in [3.63, 3.8) is 0 Å². The lowest BCUT2D eigenvalue weighted by Crippen LogP contribution is -2.54. The molecule has 146 valence electrons. The van der Waals surface area contributed by atoms with Crippen molar-refractivity contribution in [2.24, 2.45) is 5.41 Å². The maximum Gasteiger partial charge on any atom is 0.321 e. The molecule has 1 aromatic rings. The molecule has 0 aromatic heterocycles. The Balaban J connectivity index is 1.43. The van der Waals surface area contributed by atoms with Gasteiger partial charge in [0.25, 0.3) is 0 Å². The zero-order valence-electron chi connectivity index (χ0n) is 15.8. The van der Waals surface area contributed by atoms with E-state index in [9.17, 15) is 14.0 Å². The second kappa shape index (κ2) is 7.49. The summed E-state index contributed by atoms with van der Waals surface area (Å²) in [4.78, 5) is 29.7. The minimum absolute atomic E-state index is 0.183. The molecule has 3 aliphatic rings. The monoisotopic (exact) mass is 373 g/mol. The summed E-state index contributed by atoms with van der Waals surface area (Å²) in [5, 5.41) is 2.65. The second-order valence-electron chi connectivity index (χ2n) is 8.26. The van der Waals surface area contributed by atoms with Gasteiger partial charge in [0.05, 0.1) is 11.1 Å². The molecule has 2 saturated heterocycles. The zero-order valence-corrected chi connectivity index (χ0v) is 15.8. The number of piperidine rings is 1. The van der Waals surface area contributed by atoms with Crippen LogP contribution in [-0.4, -0.2) is 47.4 Å². The maximum absolute atomic E-state index is 13.8. The highest BCUT2D eigenvalue weighted by molar-refractivity contribution is 5.91. The van der Waals surface area contributed by atoms with Gasteiger partial charge in [0.1, 0.15) is 5.82 Å². The number of halogens is 1. The number of nitrogens with one attached hydrogen (secondary N) is 1. The molecule has 1 spiro atoms. The number of likely N-dealkylation sites (tertiary alicyclic amines) is 2. The van der Waals surface area contributed by atoms with Gasteiger partial charge in [-0.2, -0.15) is 0 Å². The van der Waals surface area contributed by atoms with Crippen LogP contribution in [0, 0.1) is 11.2 Å². The Hall–Kier alpha value is -2.11. The van der Waals surface area contributed by atoms with Crippen LogP contribution in [0.5, 0.6) is 0 Å². The van der Waals surface area contributed by atoms with Crippen LogP contribution < -0.4 is 5.32 Å². The Labute approximate surface area is 159 Å². The number of para-hydroxylation sites is 1. The van der Waals surface area contributed by atoms with Crippen LogP contribution in [0.1, 0.15) is 51.4 Å². The highest BCUT2D eigenvalue weighted by atomic mass is 19.1. The van der Waals surface area contributed by atoms with E-state index < -0.39 is 11.2 Å². The van der Waals surface area contributed by atoms with Crippen LogP contribution in [0.3, 0.4) is 0 Å². The molecule has 0 bridgehead atoms. The topological polar surface area (TPSA) is 52.7 Å². The van der Waals surface area contributed by atoms with Crippen molar-refractivity contribution >= 4 is 17.6 Å². The fraction of sp³-hybridized carbons (Fsp3) is 0.619. The summed E-state index contributed by atoms with van der Waals surface area (Å²) in [6, 6.07) is 6.22. The first-order valence-corrected chi connectivity index (χ1v) is 10.2. The van der Waals surface area contributed by atoms with Crippen molar-refractivity contribution in [2.45, 2.75) is 57.4 Å². The maximum atomic E-state index is 13.8. The van der Waals surface area contributed by atoms with Gasteiger partial charge in [-0.05, 0) is 44.2 Å². The van der Waals surface area contributed by atoms with Gasteiger partial charge in [-0.1, -0.05) is 31.4 Å². The number of anilines is 1. The quantitative estimate of drug-likeness (QED) is 0.852. The van der Waals surface area contributed by atoms with E-state index in [1.54, 1.807) is 23.1 Å². The van der Waals surface area contributed by atoms with Gasteiger partial charge in [-0.15, -0.1) is 0 Å². The lowest BCUT2D eigenvalue weighted by molar-refractivity contribution is -0.149. The molecule has 2 aliphatic heterocycles. The van der Waals surface area contributed by atoms with Crippen LogP contribution in [0.15, 0.2) is 24.3 Å². The fourth-order valence-corrected chi connectivity index (χ4v) is 5.02. The summed E-state index contributed by atoms with van der Waals surface area (Å²) in [5.41, 5.74) is -0.260. The molecule has 1 aromatic carbocycles. The lowest BCUT2D eigenvalue weighted by Gasteiger charge is -2.44. The number of carbonyl (C=O) groups is 2. The van der Waals surface area contributed by atoms with E-state index in [1.807, 2.05) is 0 Å². The lowest BCUT2D eigenvalue weighted by atomic mass is 9.77. The van der Waals surface area contributed by atoms with E-state index >= 15 is 0 Å². The van der Waals surface area contributed by atoms with Crippen LogP contribution in [0.25, 0.3) is 0 Å². The highest BCUT2D eigenvalue weighted by Gasteiger charge is 2.50. The summed E-state index contributed by atoms with van der Waals surface area (Å²) in [6.45, 7) is 1.84. The molecule has 5 nitrogen and oxygen atoms in total. The molecular weight excluding hydrogens is 345 g/mol. The van der Waals surface area contributed by atoms with Crippen molar-refractivity contribution in [1.29, 1.82) is 0 Å². The molecular formula is C21H28FN3O2. The summed E-state index contributed by atoms with van der Waals surface area (Å²) in [7, 11) is 0. The smallest absolute Gasteiger partial charge is 0.321 e. The van der Waals surface area contributed by atoms with E-state index in [1.165, 1.54) is 25.3 Å². The Morgan fingerprint density at radius 3 is 2.63 bits per heavy atom. The van der Waals surface area contributed by atoms with Gasteiger partial charge < -0.3 is 15.1 Å². The Kier molecular flexibility index (Phi) is 5.06. The molecule has 1 N–H and O–H groups in total. The van der Waals surface area contributed by atoms with E-state index in [-0.39, 0.29) is 17.6 Å². The van der Waals surface area contributed by atoms with Gasteiger partial charge in [0, 0.05) is 25.7 Å². The van der Waals surface area contributed by atoms with E-state index in [2.05, 4.69) is 10.2 Å². The number of rotatable bonds is 2. The SMILES string of the molecule is O=C(Nc1ccccc1F)N1CCC2(CCCN(C3CCCCC3)C2=O)C1. The summed E-state index contributed by atoms with van der Waals surface area (Å²) >= 11 is 0. The van der Waals surface area contributed by atoms with Crippen LogP contribution >= 0.6 is 0 Å². The Morgan fingerprint density at radius 2 is 1.85 bits per heavy atom. The molecule has 1 saturated carbocycles. The molecule has 2 heterocycles. The Morgan fingerprint density at radius 1 is 1.07 bits per heavy atom. The first-order chi connectivity index (χ1) is 13.1. The average molecular weight is 373 g/mol. The van der Waals surface area contributed by atoms with Crippen LogP contribution in [0.4, 0.5) is 14.9 Å². The van der Waals surface area contributed by atoms with Gasteiger partial charge in [-0.3, -0.25) is 4.79 Å². The highest BCUT2D eigenvalue weighted by Crippen LogP contribution is 2.42. The molecule has 1 aliphatic carbocycles. The third-order valence-electron chi connectivity index (χ3n) is 6.54. The molecule has 0 radical (unpaired) electrons. The average Bonchev–Trinajstić information content (AvgIpc) is 3.12. The molecule has 27 heavy (non-hydrogen) atoms. The second-order valence-corrected chi connectivity index (χ2v) is 8.26. The number of urea groups is 1. The van der Waals surface area contributed by atoms with E-state index in [0.717, 1.165) is 32.2 Å². The standard InChI is InChI=1S/C21H28FN3O2/c22-17-9-4-5-10-18(17)23-20(27)24-14-12-21(15-24)11-6-13-25(19(21)26)16-7-2-1-3-8-16/h4-5,9-10,16H,1-3,6-8,11-15H2,(H,23,27). The van der Waals surface area contributed by atoms with Crippen molar-refractivity contribution in [3.05, 3.63) is 30.1 Å². The van der Waals surface area contributed by atoms with Crippen LogP contribution in [0.2, 0.25) is 0 Å². The predicted molar refractivity (Wildman–Crippen MR) is 102 cm³/mol. The van der Waals surface area contributed by atoms with Crippen molar-refractivity contribution in [1.82, 2.24) is 9.80 Å². The van der Waals surface area contributed by atoms with Gasteiger partial charge in [0.15, 0.2) is 0 Å². The van der Waals surface area contributed by atoms with E-state index in [0.29, 0.717) is 25.6 Å². The van der Waals surface area contributed by atoms with Crippen molar-refractivity contribution in [2.75, 3.05) is 25.0 Å². The number of nitrogens with zero attached hydrogens (tertiary/aromatic N) is 2. The number of carbonyl (C=O) groups excluding carboxylic acids is 2.